The largest absolute Gasteiger partial charge is 0.480 e. The lowest BCUT2D eigenvalue weighted by atomic mass is 10.0. The number of carboxylic acids is 2. The molecule has 7 nitrogen and oxygen atoms in total. The molecule has 0 aromatic heterocycles. The van der Waals surface area contributed by atoms with Gasteiger partial charge in [0.2, 0.25) is 11.7 Å². The predicted molar refractivity (Wildman–Crippen MR) is 51.0 cm³/mol. The van der Waals surface area contributed by atoms with E-state index in [1.54, 1.807) is 0 Å². The molecule has 0 radical (unpaired) electrons. The summed E-state index contributed by atoms with van der Waals surface area (Å²) >= 11 is 5.59. The normalized spacial score (nSPS) is 24.6. The molecular formula is C7H8ClN3O4. The zero-order valence-corrected chi connectivity index (χ0v) is 8.13. The van der Waals surface area contributed by atoms with Crippen molar-refractivity contribution in [3.63, 3.8) is 0 Å². The van der Waals surface area contributed by atoms with E-state index >= 15 is 0 Å². The van der Waals surface area contributed by atoms with E-state index < -0.39 is 23.6 Å². The number of hydrogen-bond acceptors (Lipinski definition) is 5. The summed E-state index contributed by atoms with van der Waals surface area (Å²) < 4.78 is 0.722. The maximum absolute atomic E-state index is 10.7. The Kier molecular flexibility index (Phi) is 2.96. The Balaban J connectivity index is 3.11. The molecular weight excluding hydrogens is 226 g/mol. The van der Waals surface area contributed by atoms with E-state index in [1.165, 1.54) is 18.5 Å². The van der Waals surface area contributed by atoms with Crippen molar-refractivity contribution in [1.29, 1.82) is 0 Å². The fourth-order valence-corrected chi connectivity index (χ4v) is 1.32. The van der Waals surface area contributed by atoms with Gasteiger partial charge in [0.25, 0.3) is 0 Å². The van der Waals surface area contributed by atoms with Crippen LogP contribution in [0.5, 0.6) is 0 Å². The van der Waals surface area contributed by atoms with Gasteiger partial charge in [0.1, 0.15) is 0 Å². The second kappa shape index (κ2) is 3.87. The van der Waals surface area contributed by atoms with Crippen LogP contribution in [0.2, 0.25) is 0 Å². The van der Waals surface area contributed by atoms with E-state index in [0.29, 0.717) is 0 Å². The number of carbonyl (C=O) groups is 2. The average Bonchev–Trinajstić information content (AvgIpc) is 2.08. The molecule has 1 atom stereocenters. The molecule has 0 aromatic rings. The first kappa shape index (κ1) is 11.5. The van der Waals surface area contributed by atoms with Gasteiger partial charge in [-0.05, 0) is 6.08 Å². The molecule has 0 saturated heterocycles. The van der Waals surface area contributed by atoms with E-state index in [1.807, 2.05) is 0 Å². The van der Waals surface area contributed by atoms with Gasteiger partial charge in [-0.15, -0.1) is 0 Å². The number of aliphatic carboxylic acids is 2. The van der Waals surface area contributed by atoms with Crippen molar-refractivity contribution >= 4 is 29.9 Å². The summed E-state index contributed by atoms with van der Waals surface area (Å²) in [7, 11) is 0. The Labute approximate surface area is 89.6 Å². The molecule has 0 amide bonds. The van der Waals surface area contributed by atoms with Gasteiger partial charge in [0.05, 0.1) is 0 Å². The first-order chi connectivity index (χ1) is 6.89. The highest BCUT2D eigenvalue weighted by atomic mass is 35.5. The van der Waals surface area contributed by atoms with Crippen molar-refractivity contribution in [1.82, 2.24) is 4.42 Å². The molecule has 15 heavy (non-hydrogen) atoms. The predicted octanol–water partition coefficient (Wildman–Crippen LogP) is -0.562. The highest BCUT2D eigenvalue weighted by molar-refractivity contribution is 6.15. The first-order valence-corrected chi connectivity index (χ1v) is 4.15. The van der Waals surface area contributed by atoms with Crippen LogP contribution >= 0.6 is 11.8 Å². The van der Waals surface area contributed by atoms with Crippen molar-refractivity contribution in [2.45, 2.75) is 5.79 Å². The number of hydrogen-bond donors (Lipinski definition) is 3. The second-order valence-electron chi connectivity index (χ2n) is 2.82. The van der Waals surface area contributed by atoms with Crippen LogP contribution < -0.4 is 5.73 Å². The molecule has 1 aliphatic rings. The Hall–Kier alpha value is -1.60. The lowest BCUT2D eigenvalue weighted by Crippen LogP contribution is -2.60. The van der Waals surface area contributed by atoms with Crippen LogP contribution in [-0.2, 0) is 9.59 Å². The van der Waals surface area contributed by atoms with Crippen molar-refractivity contribution < 1.29 is 19.8 Å². The molecule has 0 fully saturated rings. The number of rotatable bonds is 3. The molecule has 1 aliphatic heterocycles. The Morgan fingerprint density at radius 2 is 2.00 bits per heavy atom. The van der Waals surface area contributed by atoms with E-state index in [9.17, 15) is 9.59 Å². The Bertz CT molecular complexity index is 342. The minimum atomic E-state index is -2.02. The topological polar surface area (TPSA) is 116 Å². The highest BCUT2D eigenvalue weighted by Crippen LogP contribution is 2.26. The number of halogens is 1. The van der Waals surface area contributed by atoms with Gasteiger partial charge >= 0.3 is 11.9 Å². The first-order valence-electron chi connectivity index (χ1n) is 3.81. The summed E-state index contributed by atoms with van der Waals surface area (Å²) in [5.74, 6) is -7.18. The number of nitrogens with two attached hydrogens (primary N) is 1. The van der Waals surface area contributed by atoms with Crippen LogP contribution in [0.3, 0.4) is 0 Å². The minimum Gasteiger partial charge on any atom is -0.480 e. The van der Waals surface area contributed by atoms with Crippen LogP contribution in [0, 0.1) is 5.92 Å². The molecule has 82 valence electrons. The van der Waals surface area contributed by atoms with Crippen molar-refractivity contribution in [3.05, 3.63) is 12.3 Å². The lowest BCUT2D eigenvalue weighted by molar-refractivity contribution is -0.160. The summed E-state index contributed by atoms with van der Waals surface area (Å²) in [4.78, 5) is 25.1. The maximum atomic E-state index is 10.7. The third kappa shape index (κ3) is 1.92. The molecule has 0 aromatic carbocycles. The number of aliphatic imine (C=N–C) groups is 1. The smallest absolute Gasteiger partial charge is 0.324 e. The van der Waals surface area contributed by atoms with Gasteiger partial charge in [0, 0.05) is 24.2 Å². The molecule has 0 saturated carbocycles. The van der Waals surface area contributed by atoms with Gasteiger partial charge in [-0.2, -0.15) is 0 Å². The SMILES string of the molecule is NC1(C(C(=O)O)C(=O)O)N=CC=CN1Cl. The molecule has 0 bridgehead atoms. The molecule has 0 spiro atoms. The van der Waals surface area contributed by atoms with Crippen LogP contribution in [0.15, 0.2) is 17.3 Å². The van der Waals surface area contributed by atoms with Crippen molar-refractivity contribution in [3.8, 4) is 0 Å². The number of carboxylic acid groups (broad SMARTS) is 2. The minimum absolute atomic E-state index is 0.722. The monoisotopic (exact) mass is 233 g/mol. The van der Waals surface area contributed by atoms with Crippen LogP contribution in [-0.4, -0.2) is 38.6 Å². The molecule has 4 N–H and O–H groups in total. The lowest BCUT2D eigenvalue weighted by Gasteiger charge is -2.35. The Morgan fingerprint density at radius 1 is 1.47 bits per heavy atom. The standard InChI is InChI=1S/C7H8ClN3O4/c8-11-3-1-2-10-7(11,9)4(5(12)13)6(14)15/h1-4H,9H2,(H,12,13)(H,14,15). The fourth-order valence-electron chi connectivity index (χ4n) is 1.12. The van der Waals surface area contributed by atoms with Gasteiger partial charge in [-0.25, -0.2) is 4.99 Å². The van der Waals surface area contributed by atoms with Gasteiger partial charge in [-0.1, -0.05) is 0 Å². The number of allylic oxidation sites excluding steroid dienone is 1. The average molecular weight is 234 g/mol. The van der Waals surface area contributed by atoms with Crippen LogP contribution in [0.4, 0.5) is 0 Å². The van der Waals surface area contributed by atoms with E-state index in [4.69, 9.17) is 27.7 Å². The summed E-state index contributed by atoms with van der Waals surface area (Å²) in [6, 6.07) is 0. The molecule has 1 heterocycles. The maximum Gasteiger partial charge on any atom is 0.324 e. The third-order valence-electron chi connectivity index (χ3n) is 1.85. The molecule has 1 unspecified atom stereocenters. The van der Waals surface area contributed by atoms with Gasteiger partial charge in [-0.3, -0.25) is 19.7 Å². The van der Waals surface area contributed by atoms with Crippen molar-refractivity contribution in [2.75, 3.05) is 0 Å². The fraction of sp³-hybridized carbons (Fsp3) is 0.286. The van der Waals surface area contributed by atoms with E-state index in [-0.39, 0.29) is 0 Å². The molecule has 0 aliphatic carbocycles. The molecule has 8 heteroatoms. The van der Waals surface area contributed by atoms with Crippen LogP contribution in [0.25, 0.3) is 0 Å². The van der Waals surface area contributed by atoms with E-state index in [0.717, 1.165) is 4.42 Å². The van der Waals surface area contributed by atoms with Crippen LogP contribution in [0.1, 0.15) is 0 Å². The van der Waals surface area contributed by atoms with Gasteiger partial charge < -0.3 is 10.2 Å². The Morgan fingerprint density at radius 3 is 2.40 bits per heavy atom. The molecule has 1 rings (SSSR count). The quantitative estimate of drug-likeness (QED) is 0.444. The summed E-state index contributed by atoms with van der Waals surface area (Å²) in [5, 5.41) is 17.5. The van der Waals surface area contributed by atoms with Gasteiger partial charge in [0.15, 0.2) is 0 Å². The van der Waals surface area contributed by atoms with Crippen molar-refractivity contribution in [2.24, 2.45) is 16.6 Å². The zero-order valence-electron chi connectivity index (χ0n) is 7.37. The number of nitrogens with zero attached hydrogens (tertiary/aromatic N) is 2. The summed E-state index contributed by atoms with van der Waals surface area (Å²) in [5.41, 5.74) is 5.53. The second-order valence-corrected chi connectivity index (χ2v) is 3.19. The zero-order chi connectivity index (χ0) is 11.6. The summed E-state index contributed by atoms with van der Waals surface area (Å²) in [6.07, 6.45) is 3.82. The van der Waals surface area contributed by atoms with E-state index in [2.05, 4.69) is 4.99 Å². The summed E-state index contributed by atoms with van der Waals surface area (Å²) in [6.45, 7) is 0. The third-order valence-corrected chi connectivity index (χ3v) is 2.23. The highest BCUT2D eigenvalue weighted by Gasteiger charge is 2.49.